The van der Waals surface area contributed by atoms with Gasteiger partial charge in [-0.3, -0.25) is 0 Å². The fourth-order valence-corrected chi connectivity index (χ4v) is 9.62. The lowest BCUT2D eigenvalue weighted by Crippen LogP contribution is -2.14. The second-order valence-electron chi connectivity index (χ2n) is 15.2. The first kappa shape index (κ1) is 30.2. The van der Waals surface area contributed by atoms with Crippen molar-refractivity contribution in [2.24, 2.45) is 0 Å². The van der Waals surface area contributed by atoms with Gasteiger partial charge in [0.1, 0.15) is 0 Å². The van der Waals surface area contributed by atoms with E-state index in [9.17, 15) is 0 Å². The van der Waals surface area contributed by atoms with Crippen LogP contribution in [-0.4, -0.2) is 0 Å². The van der Waals surface area contributed by atoms with Crippen LogP contribution in [0.5, 0.6) is 0 Å². The van der Waals surface area contributed by atoms with Gasteiger partial charge in [0.15, 0.2) is 0 Å². The maximum atomic E-state index is 2.43. The Morgan fingerprint density at radius 3 is 1.53 bits per heavy atom. The molecule has 10 aromatic rings. The average molecular weight is 673 g/mol. The highest BCUT2D eigenvalue weighted by molar-refractivity contribution is 6.25. The molecule has 0 heterocycles. The van der Waals surface area contributed by atoms with Crippen LogP contribution < -0.4 is 0 Å². The van der Waals surface area contributed by atoms with Crippen LogP contribution in [0.15, 0.2) is 182 Å². The molecule has 10 aromatic carbocycles. The number of hydrogen-bond donors (Lipinski definition) is 0. The van der Waals surface area contributed by atoms with Gasteiger partial charge in [-0.2, -0.15) is 0 Å². The van der Waals surface area contributed by atoms with E-state index in [1.807, 2.05) is 0 Å². The minimum absolute atomic E-state index is 0.0849. The Balaban J connectivity index is 1.17. The van der Waals surface area contributed by atoms with Crippen molar-refractivity contribution >= 4 is 53.9 Å². The Bertz CT molecular complexity index is 3080. The molecule has 11 rings (SSSR count). The molecule has 0 nitrogen and oxygen atoms in total. The molecule has 0 atom stereocenters. The first-order valence-corrected chi connectivity index (χ1v) is 18.7. The summed E-state index contributed by atoms with van der Waals surface area (Å²) >= 11 is 0. The summed E-state index contributed by atoms with van der Waals surface area (Å²) in [6.45, 7) is 4.76. The molecule has 0 radical (unpaired) electrons. The highest BCUT2D eigenvalue weighted by Crippen LogP contribution is 2.55. The number of benzene rings is 10. The molecule has 1 aliphatic carbocycles. The Labute approximate surface area is 309 Å². The van der Waals surface area contributed by atoms with Gasteiger partial charge < -0.3 is 0 Å². The Morgan fingerprint density at radius 1 is 0.283 bits per heavy atom. The van der Waals surface area contributed by atoms with E-state index in [0.29, 0.717) is 0 Å². The van der Waals surface area contributed by atoms with Crippen LogP contribution in [0.1, 0.15) is 25.0 Å². The second-order valence-corrected chi connectivity index (χ2v) is 15.2. The van der Waals surface area contributed by atoms with Gasteiger partial charge in [-0.05, 0) is 116 Å². The van der Waals surface area contributed by atoms with E-state index in [-0.39, 0.29) is 5.41 Å². The minimum Gasteiger partial charge on any atom is -0.0616 e. The van der Waals surface area contributed by atoms with Crippen molar-refractivity contribution in [1.82, 2.24) is 0 Å². The lowest BCUT2D eigenvalue weighted by Gasteiger charge is -2.22. The van der Waals surface area contributed by atoms with E-state index in [4.69, 9.17) is 0 Å². The third-order valence-electron chi connectivity index (χ3n) is 12.0. The Kier molecular flexibility index (Phi) is 6.40. The van der Waals surface area contributed by atoms with Gasteiger partial charge >= 0.3 is 0 Å². The summed E-state index contributed by atoms with van der Waals surface area (Å²) in [5.74, 6) is 0. The van der Waals surface area contributed by atoms with Crippen LogP contribution in [0.2, 0.25) is 0 Å². The van der Waals surface area contributed by atoms with E-state index in [0.717, 1.165) is 0 Å². The average Bonchev–Trinajstić information content (AvgIpc) is 3.46. The summed E-state index contributed by atoms with van der Waals surface area (Å²) in [4.78, 5) is 0. The maximum Gasteiger partial charge on any atom is 0.0159 e. The van der Waals surface area contributed by atoms with Crippen molar-refractivity contribution in [3.63, 3.8) is 0 Å². The van der Waals surface area contributed by atoms with Crippen molar-refractivity contribution in [2.45, 2.75) is 19.3 Å². The van der Waals surface area contributed by atoms with Gasteiger partial charge in [0, 0.05) is 5.41 Å². The van der Waals surface area contributed by atoms with Gasteiger partial charge in [-0.25, -0.2) is 0 Å². The smallest absolute Gasteiger partial charge is 0.0159 e. The zero-order chi connectivity index (χ0) is 35.3. The fraction of sp³-hybridized carbons (Fsp3) is 0.0566. The summed E-state index contributed by atoms with van der Waals surface area (Å²) in [5.41, 5.74) is 13.1. The van der Waals surface area contributed by atoms with Crippen molar-refractivity contribution in [2.75, 3.05) is 0 Å². The summed E-state index contributed by atoms with van der Waals surface area (Å²) < 4.78 is 0. The van der Waals surface area contributed by atoms with Gasteiger partial charge in [0.2, 0.25) is 0 Å². The summed E-state index contributed by atoms with van der Waals surface area (Å²) in [6.07, 6.45) is 0. The highest BCUT2D eigenvalue weighted by atomic mass is 14.4. The molecule has 0 aromatic heterocycles. The lowest BCUT2D eigenvalue weighted by molar-refractivity contribution is 0.661. The molecule has 0 saturated heterocycles. The fourth-order valence-electron chi connectivity index (χ4n) is 9.62. The van der Waals surface area contributed by atoms with Crippen molar-refractivity contribution < 1.29 is 0 Å². The topological polar surface area (TPSA) is 0 Å². The molecule has 1 aliphatic rings. The summed E-state index contributed by atoms with van der Waals surface area (Å²) in [7, 11) is 0. The number of rotatable bonds is 3. The molecular weight excluding hydrogens is 637 g/mol. The monoisotopic (exact) mass is 672 g/mol. The first-order valence-electron chi connectivity index (χ1n) is 18.7. The van der Waals surface area contributed by atoms with E-state index in [1.165, 1.54) is 109 Å². The van der Waals surface area contributed by atoms with E-state index >= 15 is 0 Å². The molecular formula is C53H36. The van der Waals surface area contributed by atoms with Gasteiger partial charge in [-0.15, -0.1) is 0 Å². The maximum absolute atomic E-state index is 2.43. The lowest BCUT2D eigenvalue weighted by atomic mass is 9.81. The highest BCUT2D eigenvalue weighted by Gasteiger charge is 2.37. The molecule has 0 amide bonds. The molecule has 0 unspecified atom stereocenters. The molecule has 0 heteroatoms. The summed E-state index contributed by atoms with van der Waals surface area (Å²) in [6, 6.07) is 67.9. The van der Waals surface area contributed by atoms with Crippen molar-refractivity contribution in [3.05, 3.63) is 193 Å². The Morgan fingerprint density at radius 2 is 0.792 bits per heavy atom. The molecule has 53 heavy (non-hydrogen) atoms. The SMILES string of the molecule is CC1(C)c2cccc(-c3cccc(-c4c5ccccc5c(-c5cccc6c5ccc5ccccc56)c5ccccc45)c3)c2-c2c1ccc1ccccc21. The molecule has 0 fully saturated rings. The van der Waals surface area contributed by atoms with Crippen LogP contribution >= 0.6 is 0 Å². The third kappa shape index (κ3) is 4.30. The molecule has 0 spiro atoms. The zero-order valence-corrected chi connectivity index (χ0v) is 29.8. The molecule has 0 N–H and O–H groups in total. The van der Waals surface area contributed by atoms with E-state index < -0.39 is 0 Å². The number of fused-ring (bicyclic) bond motifs is 10. The van der Waals surface area contributed by atoms with Gasteiger partial charge in [0.25, 0.3) is 0 Å². The predicted molar refractivity (Wildman–Crippen MR) is 228 cm³/mol. The van der Waals surface area contributed by atoms with Gasteiger partial charge in [-0.1, -0.05) is 190 Å². The standard InChI is InChI=1S/C53H36/c1-53(2)47-27-13-24-39(52(47)51-38-19-6-4-15-34(38)29-31-48(51)53)35-16-11-17-36(32-35)49-43-20-7-9-22-45(43)50(46-23-10-8-21-44(46)49)42-26-12-25-40-37-18-5-3-14-33(37)28-30-41(40)42/h3-32H,1-2H3. The zero-order valence-electron chi connectivity index (χ0n) is 29.8. The largest absolute Gasteiger partial charge is 0.0616 e. The van der Waals surface area contributed by atoms with Gasteiger partial charge in [0.05, 0.1) is 0 Å². The molecule has 0 aliphatic heterocycles. The van der Waals surface area contributed by atoms with Crippen LogP contribution in [0.4, 0.5) is 0 Å². The van der Waals surface area contributed by atoms with Crippen LogP contribution in [0.25, 0.3) is 98.4 Å². The normalized spacial score (nSPS) is 13.2. The molecule has 248 valence electrons. The van der Waals surface area contributed by atoms with Crippen molar-refractivity contribution in [1.29, 1.82) is 0 Å². The molecule has 0 saturated carbocycles. The van der Waals surface area contributed by atoms with Crippen molar-refractivity contribution in [3.8, 4) is 44.5 Å². The quantitative estimate of drug-likeness (QED) is 0.129. The van der Waals surface area contributed by atoms with E-state index in [2.05, 4.69) is 196 Å². The van der Waals surface area contributed by atoms with Crippen LogP contribution in [-0.2, 0) is 5.41 Å². The van der Waals surface area contributed by atoms with Crippen LogP contribution in [0.3, 0.4) is 0 Å². The second kappa shape index (κ2) is 11.2. The first-order chi connectivity index (χ1) is 26.1. The molecule has 0 bridgehead atoms. The number of hydrogen-bond acceptors (Lipinski definition) is 0. The Hall–Kier alpha value is -6.50. The van der Waals surface area contributed by atoms with Crippen LogP contribution in [0, 0.1) is 0 Å². The predicted octanol–water partition coefficient (Wildman–Crippen LogP) is 14.8. The minimum atomic E-state index is -0.0849. The van der Waals surface area contributed by atoms with E-state index in [1.54, 1.807) is 0 Å². The summed E-state index contributed by atoms with van der Waals surface area (Å²) in [5, 5.41) is 12.8. The third-order valence-corrected chi connectivity index (χ3v) is 12.0.